The van der Waals surface area contributed by atoms with Crippen molar-refractivity contribution in [2.24, 2.45) is 0 Å². The van der Waals surface area contributed by atoms with Gasteiger partial charge in [0.2, 0.25) is 0 Å². The number of rotatable bonds is 6. The first-order valence-electron chi connectivity index (χ1n) is 6.01. The number of hydrogen-bond donors (Lipinski definition) is 3. The van der Waals surface area contributed by atoms with E-state index in [1.807, 2.05) is 4.72 Å². The quantitative estimate of drug-likeness (QED) is 0.682. The summed E-state index contributed by atoms with van der Waals surface area (Å²) in [5, 5.41) is 18.3. The molecule has 2 aromatic rings. The van der Waals surface area contributed by atoms with Gasteiger partial charge in [0.05, 0.1) is 22.7 Å². The topological polar surface area (TPSA) is 134 Å². The number of sulfonamides is 1. The molecule has 0 aliphatic heterocycles. The van der Waals surface area contributed by atoms with Crippen LogP contribution in [0.1, 0.15) is 16.1 Å². The zero-order valence-corrected chi connectivity index (χ0v) is 13.9. The summed E-state index contributed by atoms with van der Waals surface area (Å²) in [5.74, 6) is -3.90. The molecule has 1 aromatic heterocycles. The van der Waals surface area contributed by atoms with Gasteiger partial charge in [-0.3, -0.25) is 9.52 Å². The summed E-state index contributed by atoms with van der Waals surface area (Å²) in [6, 6.07) is 1.17. The van der Waals surface area contributed by atoms with E-state index in [0.29, 0.717) is 12.1 Å². The largest absolute Gasteiger partial charge is 0.481 e. The minimum Gasteiger partial charge on any atom is -0.481 e. The number of aliphatic carboxylic acids is 1. The maximum absolute atomic E-state index is 13.9. The van der Waals surface area contributed by atoms with Gasteiger partial charge in [0.15, 0.2) is 5.13 Å². The van der Waals surface area contributed by atoms with Crippen molar-refractivity contribution in [3.63, 3.8) is 0 Å². The second-order valence-electron chi connectivity index (χ2n) is 4.39. The van der Waals surface area contributed by atoms with Crippen LogP contribution in [-0.4, -0.2) is 35.6 Å². The minimum absolute atomic E-state index is 0.119. The number of anilines is 1. The summed E-state index contributed by atoms with van der Waals surface area (Å²) < 4.78 is 40.2. The summed E-state index contributed by atoms with van der Waals surface area (Å²) in [5.41, 5.74) is -0.461. The second kappa shape index (κ2) is 6.71. The average molecular weight is 395 g/mol. The Morgan fingerprint density at radius 3 is 2.58 bits per heavy atom. The van der Waals surface area contributed by atoms with E-state index in [4.69, 9.17) is 21.8 Å². The molecule has 3 N–H and O–H groups in total. The average Bonchev–Trinajstić information content (AvgIpc) is 2.83. The van der Waals surface area contributed by atoms with E-state index in [1.54, 1.807) is 0 Å². The van der Waals surface area contributed by atoms with Gasteiger partial charge in [-0.05, 0) is 12.1 Å². The Labute approximate surface area is 143 Å². The molecule has 8 nitrogen and oxygen atoms in total. The van der Waals surface area contributed by atoms with Crippen LogP contribution >= 0.6 is 22.9 Å². The number of carboxylic acid groups (broad SMARTS) is 2. The molecule has 1 heterocycles. The van der Waals surface area contributed by atoms with Crippen molar-refractivity contribution < 1.29 is 32.6 Å². The zero-order chi connectivity index (χ0) is 18.1. The Kier molecular flexibility index (Phi) is 5.06. The van der Waals surface area contributed by atoms with Crippen LogP contribution < -0.4 is 4.72 Å². The molecule has 1 aromatic carbocycles. The Morgan fingerprint density at radius 1 is 1.33 bits per heavy atom. The molecule has 0 saturated carbocycles. The molecule has 0 aliphatic carbocycles. The van der Waals surface area contributed by atoms with Crippen molar-refractivity contribution in [2.75, 3.05) is 4.72 Å². The molecule has 0 amide bonds. The fourth-order valence-corrected chi connectivity index (χ4v) is 3.94. The number of halogens is 2. The van der Waals surface area contributed by atoms with E-state index in [2.05, 4.69) is 4.98 Å². The number of carbonyl (C=O) groups is 2. The molecule has 0 fully saturated rings. The molecule has 0 atom stereocenters. The Balaban J connectivity index is 2.37. The van der Waals surface area contributed by atoms with Crippen LogP contribution in [0.2, 0.25) is 5.02 Å². The van der Waals surface area contributed by atoms with Crippen molar-refractivity contribution in [1.82, 2.24) is 4.98 Å². The second-order valence-corrected chi connectivity index (χ2v) is 7.30. The molecule has 0 unspecified atom stereocenters. The lowest BCUT2D eigenvalue weighted by molar-refractivity contribution is -0.136. The Morgan fingerprint density at radius 2 is 2.00 bits per heavy atom. The maximum atomic E-state index is 13.9. The Bertz CT molecular complexity index is 928. The molecule has 24 heavy (non-hydrogen) atoms. The highest BCUT2D eigenvalue weighted by molar-refractivity contribution is 7.93. The number of nitrogens with zero attached hydrogens (tertiary/aromatic N) is 1. The third-order valence-corrected chi connectivity index (χ3v) is 5.25. The van der Waals surface area contributed by atoms with Gasteiger partial charge in [0.25, 0.3) is 10.0 Å². The lowest BCUT2D eigenvalue weighted by Crippen LogP contribution is -2.16. The van der Waals surface area contributed by atoms with E-state index in [1.165, 1.54) is 5.38 Å². The lowest BCUT2D eigenvalue weighted by Gasteiger charge is -2.08. The molecule has 0 bridgehead atoms. The van der Waals surface area contributed by atoms with Gasteiger partial charge in [0, 0.05) is 5.38 Å². The molecule has 0 aliphatic rings. The third-order valence-electron chi connectivity index (χ3n) is 2.65. The molecule has 0 spiro atoms. The van der Waals surface area contributed by atoms with E-state index in [-0.39, 0.29) is 10.8 Å². The SMILES string of the molecule is O=C(O)Cc1csc(NS(=O)(=O)c2cc(C(=O)O)c(Cl)cc2F)n1. The number of thiazole rings is 1. The summed E-state index contributed by atoms with van der Waals surface area (Å²) in [7, 11) is -4.48. The van der Waals surface area contributed by atoms with Crippen LogP contribution in [0.5, 0.6) is 0 Å². The van der Waals surface area contributed by atoms with Crippen LogP contribution in [0.25, 0.3) is 0 Å². The van der Waals surface area contributed by atoms with Crippen molar-refractivity contribution >= 4 is 50.0 Å². The van der Waals surface area contributed by atoms with Crippen molar-refractivity contribution in [3.8, 4) is 0 Å². The number of aromatic nitrogens is 1. The van der Waals surface area contributed by atoms with Gasteiger partial charge in [-0.2, -0.15) is 0 Å². The molecule has 2 rings (SSSR count). The number of carboxylic acids is 2. The number of hydrogen-bond acceptors (Lipinski definition) is 6. The number of benzene rings is 1. The van der Waals surface area contributed by atoms with Crippen LogP contribution in [0.15, 0.2) is 22.4 Å². The van der Waals surface area contributed by atoms with E-state index < -0.39 is 49.7 Å². The van der Waals surface area contributed by atoms with Crippen molar-refractivity contribution in [2.45, 2.75) is 11.3 Å². The van der Waals surface area contributed by atoms with Gasteiger partial charge in [-0.15, -0.1) is 11.3 Å². The van der Waals surface area contributed by atoms with Crippen molar-refractivity contribution in [1.29, 1.82) is 0 Å². The van der Waals surface area contributed by atoms with Gasteiger partial charge in [0.1, 0.15) is 10.7 Å². The molecule has 0 radical (unpaired) electrons. The monoisotopic (exact) mass is 394 g/mol. The highest BCUT2D eigenvalue weighted by Gasteiger charge is 2.24. The predicted molar refractivity (Wildman–Crippen MR) is 82.6 cm³/mol. The summed E-state index contributed by atoms with van der Waals surface area (Å²) in [6.45, 7) is 0. The van der Waals surface area contributed by atoms with Crippen LogP contribution in [0.3, 0.4) is 0 Å². The zero-order valence-electron chi connectivity index (χ0n) is 11.5. The first kappa shape index (κ1) is 18.1. The van der Waals surface area contributed by atoms with Crippen LogP contribution in [0.4, 0.5) is 9.52 Å². The molecular weight excluding hydrogens is 387 g/mol. The standard InChI is InChI=1S/C12H8ClFN2O6S2/c13-7-3-8(14)9(2-6(7)11(19)20)24(21,22)16-12-15-5(4-23-12)1-10(17)18/h2-4H,1H2,(H,15,16)(H,17,18)(H,19,20). The Hall–Kier alpha value is -2.24. The van der Waals surface area contributed by atoms with Gasteiger partial charge >= 0.3 is 11.9 Å². The van der Waals surface area contributed by atoms with E-state index in [0.717, 1.165) is 11.3 Å². The normalized spacial score (nSPS) is 11.2. The summed E-state index contributed by atoms with van der Waals surface area (Å²) in [4.78, 5) is 24.4. The minimum atomic E-state index is -4.48. The van der Waals surface area contributed by atoms with Gasteiger partial charge in [-0.1, -0.05) is 11.6 Å². The fourth-order valence-electron chi connectivity index (χ4n) is 1.66. The number of aromatic carboxylic acids is 1. The molecule has 12 heteroatoms. The molecule has 128 valence electrons. The highest BCUT2D eigenvalue weighted by Crippen LogP contribution is 2.26. The smallest absolute Gasteiger partial charge is 0.337 e. The van der Waals surface area contributed by atoms with Gasteiger partial charge in [-0.25, -0.2) is 22.6 Å². The van der Waals surface area contributed by atoms with Crippen LogP contribution in [0, 0.1) is 5.82 Å². The third kappa shape index (κ3) is 3.99. The summed E-state index contributed by atoms with van der Waals surface area (Å²) >= 11 is 6.36. The van der Waals surface area contributed by atoms with E-state index in [9.17, 15) is 22.4 Å². The fraction of sp³-hybridized carbons (Fsp3) is 0.0833. The van der Waals surface area contributed by atoms with Gasteiger partial charge < -0.3 is 10.2 Å². The number of nitrogens with one attached hydrogen (secondary N) is 1. The first-order chi connectivity index (χ1) is 11.1. The maximum Gasteiger partial charge on any atom is 0.337 e. The molecule has 0 saturated heterocycles. The summed E-state index contributed by atoms with van der Waals surface area (Å²) in [6.07, 6.45) is -0.406. The first-order valence-corrected chi connectivity index (χ1v) is 8.75. The predicted octanol–water partition coefficient (Wildman–Crippen LogP) is 2.06. The van der Waals surface area contributed by atoms with E-state index >= 15 is 0 Å². The van der Waals surface area contributed by atoms with Crippen LogP contribution in [-0.2, 0) is 21.2 Å². The molecular formula is C12H8ClFN2O6S2. The van der Waals surface area contributed by atoms with Crippen molar-refractivity contribution in [3.05, 3.63) is 39.6 Å². The highest BCUT2D eigenvalue weighted by atomic mass is 35.5. The lowest BCUT2D eigenvalue weighted by atomic mass is 10.2.